The molecule has 80 valence electrons. The lowest BCUT2D eigenvalue weighted by Crippen LogP contribution is -2.34. The Labute approximate surface area is 88.9 Å². The third kappa shape index (κ3) is 1.42. The molecule has 0 saturated carbocycles. The van der Waals surface area contributed by atoms with Crippen LogP contribution in [0.15, 0.2) is 18.2 Å². The predicted octanol–water partition coefficient (Wildman–Crippen LogP) is 1.68. The van der Waals surface area contributed by atoms with Gasteiger partial charge in [-0.25, -0.2) is 4.39 Å². The van der Waals surface area contributed by atoms with Crippen LogP contribution in [0.25, 0.3) is 0 Å². The fraction of sp³-hybridized carbons (Fsp3) is 0.500. The first-order valence-electron chi connectivity index (χ1n) is 5.54. The van der Waals surface area contributed by atoms with Crippen molar-refractivity contribution in [3.05, 3.63) is 29.6 Å². The summed E-state index contributed by atoms with van der Waals surface area (Å²) >= 11 is 0. The maximum atomic E-state index is 13.1. The minimum absolute atomic E-state index is 0.129. The zero-order valence-corrected chi connectivity index (χ0v) is 8.62. The molecule has 3 rings (SSSR count). The summed E-state index contributed by atoms with van der Waals surface area (Å²) in [5.41, 5.74) is 8.30. The van der Waals surface area contributed by atoms with E-state index in [9.17, 15) is 4.39 Å². The Bertz CT molecular complexity index is 391. The zero-order valence-electron chi connectivity index (χ0n) is 8.62. The van der Waals surface area contributed by atoms with Gasteiger partial charge in [0.1, 0.15) is 5.82 Å². The van der Waals surface area contributed by atoms with E-state index in [0.29, 0.717) is 6.04 Å². The maximum absolute atomic E-state index is 13.1. The van der Waals surface area contributed by atoms with Crippen molar-refractivity contribution in [2.75, 3.05) is 11.4 Å². The van der Waals surface area contributed by atoms with E-state index in [1.54, 1.807) is 12.1 Å². The van der Waals surface area contributed by atoms with Gasteiger partial charge in [0.05, 0.1) is 0 Å². The minimum atomic E-state index is -0.129. The Balaban J connectivity index is 2.01. The molecule has 2 aliphatic heterocycles. The molecule has 0 radical (unpaired) electrons. The lowest BCUT2D eigenvalue weighted by Gasteiger charge is -2.33. The highest BCUT2D eigenvalue weighted by atomic mass is 19.1. The van der Waals surface area contributed by atoms with Gasteiger partial charge in [0.15, 0.2) is 0 Å². The van der Waals surface area contributed by atoms with Gasteiger partial charge in [-0.1, -0.05) is 0 Å². The van der Waals surface area contributed by atoms with Crippen molar-refractivity contribution in [1.82, 2.24) is 0 Å². The van der Waals surface area contributed by atoms with E-state index in [-0.39, 0.29) is 11.9 Å². The molecule has 0 amide bonds. The highest BCUT2D eigenvalue weighted by molar-refractivity contribution is 5.57. The van der Waals surface area contributed by atoms with Crippen LogP contribution in [0.5, 0.6) is 0 Å². The molecule has 1 fully saturated rings. The summed E-state index contributed by atoms with van der Waals surface area (Å²) in [5.74, 6) is -0.129. The van der Waals surface area contributed by atoms with Crippen LogP contribution in [-0.4, -0.2) is 18.6 Å². The number of hydrogen-bond donors (Lipinski definition) is 1. The second-order valence-electron chi connectivity index (χ2n) is 4.61. The highest BCUT2D eigenvalue weighted by Gasteiger charge is 2.33. The SMILES string of the molecule is NC1CC2CCc3cc(F)ccc3N2C1. The Hall–Kier alpha value is -1.09. The second kappa shape index (κ2) is 3.20. The Morgan fingerprint density at radius 3 is 3.13 bits per heavy atom. The minimum Gasteiger partial charge on any atom is -0.367 e. The number of halogens is 1. The van der Waals surface area contributed by atoms with Gasteiger partial charge in [-0.2, -0.15) is 0 Å². The molecule has 0 aromatic heterocycles. The molecule has 0 aliphatic carbocycles. The van der Waals surface area contributed by atoms with Gasteiger partial charge in [-0.15, -0.1) is 0 Å². The summed E-state index contributed by atoms with van der Waals surface area (Å²) in [6, 6.07) is 5.97. The number of rotatable bonds is 0. The summed E-state index contributed by atoms with van der Waals surface area (Å²) in [6.07, 6.45) is 3.18. The topological polar surface area (TPSA) is 29.3 Å². The average Bonchev–Trinajstić information content (AvgIpc) is 2.58. The summed E-state index contributed by atoms with van der Waals surface area (Å²) in [6.45, 7) is 0.920. The van der Waals surface area contributed by atoms with Gasteiger partial charge in [0.25, 0.3) is 0 Å². The molecule has 15 heavy (non-hydrogen) atoms. The molecular weight excluding hydrogens is 191 g/mol. The van der Waals surface area contributed by atoms with Crippen LogP contribution in [0.4, 0.5) is 10.1 Å². The third-order valence-electron chi connectivity index (χ3n) is 3.54. The number of nitrogens with zero attached hydrogens (tertiary/aromatic N) is 1. The van der Waals surface area contributed by atoms with Gasteiger partial charge < -0.3 is 10.6 Å². The third-order valence-corrected chi connectivity index (χ3v) is 3.54. The molecule has 2 N–H and O–H groups in total. The first-order valence-corrected chi connectivity index (χ1v) is 5.54. The molecule has 3 heteroatoms. The van der Waals surface area contributed by atoms with E-state index in [4.69, 9.17) is 5.73 Å². The molecule has 2 nitrogen and oxygen atoms in total. The average molecular weight is 206 g/mol. The van der Waals surface area contributed by atoms with Gasteiger partial charge in [0, 0.05) is 24.3 Å². The van der Waals surface area contributed by atoms with E-state index in [1.807, 2.05) is 6.07 Å². The normalized spacial score (nSPS) is 28.8. The van der Waals surface area contributed by atoms with E-state index in [1.165, 1.54) is 5.69 Å². The Morgan fingerprint density at radius 1 is 1.40 bits per heavy atom. The van der Waals surface area contributed by atoms with E-state index >= 15 is 0 Å². The molecule has 1 saturated heterocycles. The maximum Gasteiger partial charge on any atom is 0.123 e. The van der Waals surface area contributed by atoms with Crippen molar-refractivity contribution >= 4 is 5.69 Å². The number of nitrogens with two attached hydrogens (primary N) is 1. The lowest BCUT2D eigenvalue weighted by atomic mass is 9.96. The lowest BCUT2D eigenvalue weighted by molar-refractivity contribution is 0.568. The first kappa shape index (κ1) is 9.16. The fourth-order valence-electron chi connectivity index (χ4n) is 2.88. The molecule has 0 bridgehead atoms. The molecule has 2 heterocycles. The van der Waals surface area contributed by atoms with Gasteiger partial charge in [-0.3, -0.25) is 0 Å². The van der Waals surface area contributed by atoms with Crippen molar-refractivity contribution < 1.29 is 4.39 Å². The largest absolute Gasteiger partial charge is 0.367 e. The van der Waals surface area contributed by atoms with Crippen LogP contribution in [-0.2, 0) is 6.42 Å². The van der Waals surface area contributed by atoms with Crippen LogP contribution >= 0.6 is 0 Å². The molecule has 2 aliphatic rings. The van der Waals surface area contributed by atoms with E-state index in [2.05, 4.69) is 4.90 Å². The van der Waals surface area contributed by atoms with Gasteiger partial charge in [0.2, 0.25) is 0 Å². The summed E-state index contributed by atoms with van der Waals surface area (Å²) in [7, 11) is 0. The van der Waals surface area contributed by atoms with Crippen molar-refractivity contribution in [2.45, 2.75) is 31.3 Å². The summed E-state index contributed by atoms with van der Waals surface area (Å²) in [4.78, 5) is 2.35. The van der Waals surface area contributed by atoms with Crippen LogP contribution in [0, 0.1) is 5.82 Å². The number of aryl methyl sites for hydroxylation is 1. The quantitative estimate of drug-likeness (QED) is 0.699. The molecule has 2 unspecified atom stereocenters. The first-order chi connectivity index (χ1) is 7.24. The van der Waals surface area contributed by atoms with Crippen LogP contribution < -0.4 is 10.6 Å². The highest BCUT2D eigenvalue weighted by Crippen LogP contribution is 2.35. The second-order valence-corrected chi connectivity index (χ2v) is 4.61. The van der Waals surface area contributed by atoms with E-state index < -0.39 is 0 Å². The molecule has 2 atom stereocenters. The molecule has 0 spiro atoms. The van der Waals surface area contributed by atoms with Gasteiger partial charge in [-0.05, 0) is 43.0 Å². The van der Waals surface area contributed by atoms with E-state index in [0.717, 1.165) is 31.4 Å². The predicted molar refractivity (Wildman–Crippen MR) is 58.4 cm³/mol. The van der Waals surface area contributed by atoms with Gasteiger partial charge >= 0.3 is 0 Å². The van der Waals surface area contributed by atoms with Crippen molar-refractivity contribution in [1.29, 1.82) is 0 Å². The van der Waals surface area contributed by atoms with Crippen LogP contribution in [0.3, 0.4) is 0 Å². The zero-order chi connectivity index (χ0) is 10.4. The molecule has 1 aromatic rings. The summed E-state index contributed by atoms with van der Waals surface area (Å²) < 4.78 is 13.1. The standard InChI is InChI=1S/C12H15FN2/c13-9-2-4-12-8(5-9)1-3-11-6-10(14)7-15(11)12/h2,4-5,10-11H,1,3,6-7,14H2. The fourth-order valence-corrected chi connectivity index (χ4v) is 2.88. The molecular formula is C12H15FN2. The van der Waals surface area contributed by atoms with Crippen LogP contribution in [0.1, 0.15) is 18.4 Å². The number of benzene rings is 1. The number of anilines is 1. The van der Waals surface area contributed by atoms with Crippen molar-refractivity contribution in [2.24, 2.45) is 5.73 Å². The van der Waals surface area contributed by atoms with Crippen molar-refractivity contribution in [3.63, 3.8) is 0 Å². The Kier molecular flexibility index (Phi) is 1.96. The molecule has 1 aromatic carbocycles. The van der Waals surface area contributed by atoms with Crippen LogP contribution in [0.2, 0.25) is 0 Å². The van der Waals surface area contributed by atoms with Crippen molar-refractivity contribution in [3.8, 4) is 0 Å². The smallest absolute Gasteiger partial charge is 0.123 e. The monoisotopic (exact) mass is 206 g/mol. The summed E-state index contributed by atoms with van der Waals surface area (Å²) in [5, 5.41) is 0. The Morgan fingerprint density at radius 2 is 2.27 bits per heavy atom. The number of hydrogen-bond acceptors (Lipinski definition) is 2. The number of fused-ring (bicyclic) bond motifs is 3.